The third-order valence-corrected chi connectivity index (χ3v) is 6.90. The molecule has 0 saturated carbocycles. The van der Waals surface area contributed by atoms with Crippen LogP contribution >= 0.6 is 0 Å². The summed E-state index contributed by atoms with van der Waals surface area (Å²) >= 11 is 0. The molecule has 1 aliphatic heterocycles. The Morgan fingerprint density at radius 2 is 1.83 bits per heavy atom. The molecule has 1 aliphatic carbocycles. The fourth-order valence-corrected chi connectivity index (χ4v) is 4.84. The maximum absolute atomic E-state index is 3.52. The summed E-state index contributed by atoms with van der Waals surface area (Å²) < 4.78 is 0. The second-order valence-corrected chi connectivity index (χ2v) is 10.0. The van der Waals surface area contributed by atoms with Gasteiger partial charge < -0.3 is 10.2 Å². The molecule has 0 amide bonds. The molecule has 0 aromatic heterocycles. The van der Waals surface area contributed by atoms with Crippen molar-refractivity contribution in [3.63, 3.8) is 0 Å². The topological polar surface area (TPSA) is 18.5 Å². The molecule has 162 valence electrons. The molecule has 0 bridgehead atoms. The minimum Gasteiger partial charge on any atom is -0.385 e. The number of piperazine rings is 1. The van der Waals surface area contributed by atoms with Crippen LogP contribution in [0.15, 0.2) is 24.3 Å². The number of allylic oxidation sites excluding steroid dienone is 2. The van der Waals surface area contributed by atoms with Gasteiger partial charge in [0.05, 0.1) is 0 Å². The average Bonchev–Trinajstić information content (AvgIpc) is 2.72. The van der Waals surface area contributed by atoms with Crippen LogP contribution in [0, 0.1) is 11.3 Å². The highest BCUT2D eigenvalue weighted by atomic mass is 15.3. The number of hydrogen-bond donors (Lipinski definition) is 1. The van der Waals surface area contributed by atoms with Crippen molar-refractivity contribution in [1.82, 2.24) is 4.90 Å². The minimum atomic E-state index is 0.411. The van der Waals surface area contributed by atoms with Gasteiger partial charge in [-0.2, -0.15) is 0 Å². The van der Waals surface area contributed by atoms with E-state index >= 15 is 0 Å². The second kappa shape index (κ2) is 10.0. The third kappa shape index (κ3) is 5.78. The van der Waals surface area contributed by atoms with Gasteiger partial charge in [-0.3, -0.25) is 4.90 Å². The highest BCUT2D eigenvalue weighted by Crippen LogP contribution is 2.42. The van der Waals surface area contributed by atoms with Gasteiger partial charge in [0.2, 0.25) is 0 Å². The number of nitrogens with one attached hydrogen (secondary N) is 1. The van der Waals surface area contributed by atoms with E-state index in [1.165, 1.54) is 68.7 Å². The van der Waals surface area contributed by atoms with Crippen molar-refractivity contribution >= 4 is 16.9 Å². The van der Waals surface area contributed by atoms with E-state index in [4.69, 9.17) is 0 Å². The highest BCUT2D eigenvalue weighted by Gasteiger charge is 2.28. The van der Waals surface area contributed by atoms with Crippen LogP contribution in [0.3, 0.4) is 0 Å². The molecule has 1 atom stereocenters. The van der Waals surface area contributed by atoms with Crippen LogP contribution in [-0.2, 0) is 0 Å². The molecule has 3 nitrogen and oxygen atoms in total. The van der Waals surface area contributed by atoms with Crippen molar-refractivity contribution in [3.05, 3.63) is 29.8 Å². The average molecular weight is 398 g/mol. The molecule has 0 radical (unpaired) electrons. The Bertz CT molecular complexity index is 678. The first kappa shape index (κ1) is 22.2. The smallest absolute Gasteiger partial charge is 0.0464 e. The van der Waals surface area contributed by atoms with Crippen molar-refractivity contribution in [2.75, 3.05) is 49.5 Å². The quantitative estimate of drug-likeness (QED) is 0.585. The standard InChI is InChI=1S/C26H43N3/c1-6-8-15-28-16-18-29(19-17-28)25-20-23(27-7-2)13-14-24(25)21-9-11-22(12-10-21)26(3,4)5/h9,13-14,20,22,27H,6-8,10-12,15-19H2,1-5H3. The number of hydrogen-bond acceptors (Lipinski definition) is 3. The van der Waals surface area contributed by atoms with Crippen LogP contribution in [-0.4, -0.2) is 44.2 Å². The van der Waals surface area contributed by atoms with Crippen molar-refractivity contribution in [2.45, 2.75) is 66.7 Å². The zero-order chi connectivity index (χ0) is 20.9. The van der Waals surface area contributed by atoms with Gasteiger partial charge in [0, 0.05) is 49.7 Å². The SMILES string of the molecule is CCCCN1CCN(c2cc(NCC)ccc2C2=CCC(C(C)(C)C)CC2)CC1. The lowest BCUT2D eigenvalue weighted by Crippen LogP contribution is -2.46. The first-order valence-corrected chi connectivity index (χ1v) is 12.0. The molecule has 0 spiro atoms. The molecule has 1 fully saturated rings. The van der Waals surface area contributed by atoms with E-state index in [-0.39, 0.29) is 0 Å². The van der Waals surface area contributed by atoms with Crippen molar-refractivity contribution in [1.29, 1.82) is 0 Å². The Kier molecular flexibility index (Phi) is 7.67. The lowest BCUT2D eigenvalue weighted by molar-refractivity contribution is 0.225. The number of rotatable bonds is 7. The fourth-order valence-electron chi connectivity index (χ4n) is 4.84. The number of unbranched alkanes of at least 4 members (excludes halogenated alkanes) is 1. The Labute approximate surface area is 179 Å². The van der Waals surface area contributed by atoms with Gasteiger partial charge in [0.15, 0.2) is 0 Å². The van der Waals surface area contributed by atoms with Crippen molar-refractivity contribution in [2.24, 2.45) is 11.3 Å². The van der Waals surface area contributed by atoms with Crippen molar-refractivity contribution < 1.29 is 0 Å². The van der Waals surface area contributed by atoms with E-state index in [1.54, 1.807) is 5.57 Å². The highest BCUT2D eigenvalue weighted by molar-refractivity contribution is 5.80. The third-order valence-electron chi connectivity index (χ3n) is 6.90. The molecule has 29 heavy (non-hydrogen) atoms. The summed E-state index contributed by atoms with van der Waals surface area (Å²) in [5.41, 5.74) is 6.15. The largest absolute Gasteiger partial charge is 0.385 e. The van der Waals surface area contributed by atoms with E-state index in [2.05, 4.69) is 74.0 Å². The second-order valence-electron chi connectivity index (χ2n) is 10.0. The first-order chi connectivity index (χ1) is 13.9. The number of nitrogens with zero attached hydrogens (tertiary/aromatic N) is 2. The summed E-state index contributed by atoms with van der Waals surface area (Å²) in [7, 11) is 0. The summed E-state index contributed by atoms with van der Waals surface area (Å²) in [6.07, 6.45) is 8.91. The Morgan fingerprint density at radius 3 is 2.41 bits per heavy atom. The van der Waals surface area contributed by atoms with Crippen LogP contribution < -0.4 is 10.2 Å². The van der Waals surface area contributed by atoms with Crippen LogP contribution in [0.5, 0.6) is 0 Å². The molecule has 1 aromatic carbocycles. The normalized spacial score (nSPS) is 21.2. The van der Waals surface area contributed by atoms with Gasteiger partial charge in [-0.1, -0.05) is 46.3 Å². The maximum Gasteiger partial charge on any atom is 0.0464 e. The molecule has 1 saturated heterocycles. The molecule has 3 heteroatoms. The zero-order valence-electron chi connectivity index (χ0n) is 19.6. The first-order valence-electron chi connectivity index (χ1n) is 12.0. The number of benzene rings is 1. The fraction of sp³-hybridized carbons (Fsp3) is 0.692. The predicted octanol–water partition coefficient (Wildman–Crippen LogP) is 6.27. The summed E-state index contributed by atoms with van der Waals surface area (Å²) in [6.45, 7) is 18.5. The van der Waals surface area contributed by atoms with Gasteiger partial charge in [-0.05, 0) is 68.2 Å². The van der Waals surface area contributed by atoms with E-state index in [9.17, 15) is 0 Å². The van der Waals surface area contributed by atoms with E-state index < -0.39 is 0 Å². The maximum atomic E-state index is 3.52. The summed E-state index contributed by atoms with van der Waals surface area (Å²) in [5, 5.41) is 3.52. The van der Waals surface area contributed by atoms with E-state index in [1.807, 2.05) is 0 Å². The Balaban J connectivity index is 1.79. The van der Waals surface area contributed by atoms with Crippen LogP contribution in [0.2, 0.25) is 0 Å². The van der Waals surface area contributed by atoms with Crippen LogP contribution in [0.25, 0.3) is 5.57 Å². The van der Waals surface area contributed by atoms with Crippen LogP contribution in [0.4, 0.5) is 11.4 Å². The molecule has 1 heterocycles. The van der Waals surface area contributed by atoms with E-state index in [0.717, 1.165) is 25.6 Å². The predicted molar refractivity (Wildman–Crippen MR) is 129 cm³/mol. The zero-order valence-corrected chi connectivity index (χ0v) is 19.6. The van der Waals surface area contributed by atoms with Gasteiger partial charge in [-0.25, -0.2) is 0 Å². The van der Waals surface area contributed by atoms with Crippen LogP contribution in [0.1, 0.15) is 72.3 Å². The summed E-state index contributed by atoms with van der Waals surface area (Å²) in [6, 6.07) is 7.05. The molecule has 1 unspecified atom stereocenters. The Hall–Kier alpha value is -1.48. The van der Waals surface area contributed by atoms with Gasteiger partial charge >= 0.3 is 0 Å². The molecular weight excluding hydrogens is 354 g/mol. The van der Waals surface area contributed by atoms with Crippen molar-refractivity contribution in [3.8, 4) is 0 Å². The van der Waals surface area contributed by atoms with Gasteiger partial charge in [0.1, 0.15) is 0 Å². The lowest BCUT2D eigenvalue weighted by Gasteiger charge is -2.38. The lowest BCUT2D eigenvalue weighted by atomic mass is 9.72. The number of anilines is 2. The molecule has 1 N–H and O–H groups in total. The Morgan fingerprint density at radius 1 is 1.07 bits per heavy atom. The van der Waals surface area contributed by atoms with Gasteiger partial charge in [-0.15, -0.1) is 0 Å². The summed E-state index contributed by atoms with van der Waals surface area (Å²) in [4.78, 5) is 5.27. The van der Waals surface area contributed by atoms with Gasteiger partial charge in [0.25, 0.3) is 0 Å². The molecule has 2 aliphatic rings. The molecular formula is C26H43N3. The molecule has 1 aromatic rings. The molecule has 3 rings (SSSR count). The monoisotopic (exact) mass is 397 g/mol. The summed E-state index contributed by atoms with van der Waals surface area (Å²) in [5.74, 6) is 0.804. The minimum absolute atomic E-state index is 0.411. The van der Waals surface area contributed by atoms with E-state index in [0.29, 0.717) is 5.41 Å².